The maximum atomic E-state index is 9.63. The summed E-state index contributed by atoms with van der Waals surface area (Å²) < 4.78 is 13.5. The van der Waals surface area contributed by atoms with Gasteiger partial charge < -0.3 is 9.47 Å². The Morgan fingerprint density at radius 1 is 1.10 bits per heavy atom. The molecule has 0 aliphatic carbocycles. The van der Waals surface area contributed by atoms with Crippen molar-refractivity contribution in [2.24, 2.45) is 0 Å². The first-order chi connectivity index (χ1) is 14.4. The third kappa shape index (κ3) is 5.70. The summed E-state index contributed by atoms with van der Waals surface area (Å²) in [5.74, 6) is 1.25. The lowest BCUT2D eigenvalue weighted by Crippen LogP contribution is -2.00. The second-order valence-electron chi connectivity index (χ2n) is 6.25. The Bertz CT molecular complexity index is 1140. The highest BCUT2D eigenvalue weighted by atomic mass is 127. The van der Waals surface area contributed by atoms with Crippen LogP contribution in [0.4, 0.5) is 0 Å². The Kier molecular flexibility index (Phi) is 8.06. The Labute approximate surface area is 207 Å². The monoisotopic (exact) mass is 613 g/mol. The van der Waals surface area contributed by atoms with Crippen LogP contribution >= 0.6 is 61.7 Å². The molecule has 0 heterocycles. The average molecular weight is 615 g/mol. The lowest BCUT2D eigenvalue weighted by atomic mass is 10.0. The van der Waals surface area contributed by atoms with Gasteiger partial charge in [0.05, 0.1) is 32.4 Å². The molecule has 3 nitrogen and oxygen atoms in total. The summed E-state index contributed by atoms with van der Waals surface area (Å²) in [7, 11) is 1.59. The number of halogens is 4. The van der Waals surface area contributed by atoms with E-state index in [1.165, 1.54) is 0 Å². The van der Waals surface area contributed by atoms with Crippen LogP contribution in [0, 0.1) is 14.9 Å². The van der Waals surface area contributed by atoms with Gasteiger partial charge in [-0.1, -0.05) is 57.3 Å². The Hall–Kier alpha value is -1.72. The molecule has 0 spiro atoms. The van der Waals surface area contributed by atoms with Crippen molar-refractivity contribution in [3.8, 4) is 17.6 Å². The van der Waals surface area contributed by atoms with Gasteiger partial charge in [-0.3, -0.25) is 0 Å². The number of ether oxygens (including phenoxy) is 2. The first kappa shape index (κ1) is 23.0. The lowest BCUT2D eigenvalue weighted by molar-refractivity contribution is 0.282. The van der Waals surface area contributed by atoms with Gasteiger partial charge in [-0.15, -0.1) is 0 Å². The van der Waals surface area contributed by atoms with Gasteiger partial charge in [-0.2, -0.15) is 5.26 Å². The van der Waals surface area contributed by atoms with Crippen molar-refractivity contribution in [1.29, 1.82) is 5.26 Å². The van der Waals surface area contributed by atoms with Gasteiger partial charge in [0.15, 0.2) is 11.5 Å². The zero-order valence-electron chi connectivity index (χ0n) is 15.8. The Balaban J connectivity index is 1.90. The van der Waals surface area contributed by atoms with Crippen molar-refractivity contribution >= 4 is 73.4 Å². The van der Waals surface area contributed by atoms with Crippen molar-refractivity contribution in [2.45, 2.75) is 6.61 Å². The van der Waals surface area contributed by atoms with Crippen LogP contribution < -0.4 is 9.47 Å². The van der Waals surface area contributed by atoms with Crippen LogP contribution in [0.3, 0.4) is 0 Å². The van der Waals surface area contributed by atoms with Crippen LogP contribution in [0.15, 0.2) is 59.1 Å². The van der Waals surface area contributed by atoms with Crippen LogP contribution in [0.2, 0.25) is 10.0 Å². The zero-order valence-corrected chi connectivity index (χ0v) is 21.0. The largest absolute Gasteiger partial charge is 0.493 e. The van der Waals surface area contributed by atoms with Crippen LogP contribution in [0.25, 0.3) is 11.6 Å². The van der Waals surface area contributed by atoms with E-state index in [1.54, 1.807) is 31.4 Å². The molecule has 0 atom stereocenters. The molecule has 0 amide bonds. The molecule has 0 aliphatic rings. The van der Waals surface area contributed by atoms with Gasteiger partial charge in [-0.05, 0) is 81.8 Å². The highest BCUT2D eigenvalue weighted by molar-refractivity contribution is 14.1. The Morgan fingerprint density at radius 3 is 2.47 bits per heavy atom. The van der Waals surface area contributed by atoms with E-state index in [1.807, 2.05) is 36.4 Å². The van der Waals surface area contributed by atoms with Gasteiger partial charge >= 0.3 is 0 Å². The van der Waals surface area contributed by atoms with Crippen LogP contribution in [-0.4, -0.2) is 7.11 Å². The van der Waals surface area contributed by atoms with Crippen molar-refractivity contribution in [2.75, 3.05) is 7.11 Å². The molecule has 0 radical (unpaired) electrons. The number of benzene rings is 3. The topological polar surface area (TPSA) is 42.2 Å². The normalized spacial score (nSPS) is 11.1. The molecule has 3 rings (SSSR count). The third-order valence-corrected chi connectivity index (χ3v) is 6.28. The molecule has 3 aromatic carbocycles. The minimum absolute atomic E-state index is 0.402. The van der Waals surface area contributed by atoms with E-state index in [9.17, 15) is 5.26 Å². The summed E-state index contributed by atoms with van der Waals surface area (Å²) >= 11 is 17.7. The molecule has 30 heavy (non-hydrogen) atoms. The molecule has 152 valence electrons. The van der Waals surface area contributed by atoms with Gasteiger partial charge in [0.1, 0.15) is 6.61 Å². The van der Waals surface area contributed by atoms with Gasteiger partial charge in [0, 0.05) is 4.47 Å². The van der Waals surface area contributed by atoms with Crippen molar-refractivity contribution < 1.29 is 9.47 Å². The van der Waals surface area contributed by atoms with Gasteiger partial charge in [0.2, 0.25) is 0 Å². The first-order valence-electron chi connectivity index (χ1n) is 8.73. The van der Waals surface area contributed by atoms with E-state index in [2.05, 4.69) is 44.6 Å². The fourth-order valence-electron chi connectivity index (χ4n) is 2.71. The van der Waals surface area contributed by atoms with E-state index in [-0.39, 0.29) is 0 Å². The average Bonchev–Trinajstić information content (AvgIpc) is 2.74. The lowest BCUT2D eigenvalue weighted by Gasteiger charge is -2.14. The summed E-state index contributed by atoms with van der Waals surface area (Å²) in [6.07, 6.45) is 1.78. The fraction of sp³-hybridized carbons (Fsp3) is 0.0870. The Morgan fingerprint density at radius 2 is 1.83 bits per heavy atom. The van der Waals surface area contributed by atoms with E-state index in [4.69, 9.17) is 32.7 Å². The summed E-state index contributed by atoms with van der Waals surface area (Å²) in [5, 5.41) is 10.5. The quantitative estimate of drug-likeness (QED) is 0.160. The summed E-state index contributed by atoms with van der Waals surface area (Å²) in [4.78, 5) is 0. The second kappa shape index (κ2) is 10.5. The molecule has 3 aromatic rings. The molecule has 0 saturated carbocycles. The first-order valence-corrected chi connectivity index (χ1v) is 11.4. The van der Waals surface area contributed by atoms with Crippen LogP contribution in [0.5, 0.6) is 11.5 Å². The van der Waals surface area contributed by atoms with Crippen molar-refractivity contribution in [3.05, 3.63) is 89.4 Å². The molecular weight excluding hydrogens is 600 g/mol. The predicted octanol–water partition coefficient (Wildman–Crippen LogP) is 8.01. The van der Waals surface area contributed by atoms with Gasteiger partial charge in [0.25, 0.3) is 0 Å². The molecule has 0 aliphatic heterocycles. The van der Waals surface area contributed by atoms with E-state index in [0.717, 1.165) is 19.2 Å². The molecule has 0 N–H and O–H groups in total. The fourth-order valence-corrected chi connectivity index (χ4v) is 4.05. The number of nitrogens with zero attached hydrogens (tertiary/aromatic N) is 1. The maximum Gasteiger partial charge on any atom is 0.174 e. The van der Waals surface area contributed by atoms with Crippen LogP contribution in [-0.2, 0) is 6.61 Å². The number of allylic oxidation sites excluding steroid dienone is 1. The minimum Gasteiger partial charge on any atom is -0.493 e. The zero-order chi connectivity index (χ0) is 21.7. The van der Waals surface area contributed by atoms with Crippen molar-refractivity contribution in [3.63, 3.8) is 0 Å². The molecule has 0 fully saturated rings. The maximum absolute atomic E-state index is 9.63. The SMILES string of the molecule is COc1cc(/C=C(/C#N)c2ccc(Cl)c(Cl)c2)cc(I)c1OCc1ccc(Br)cc1. The van der Waals surface area contributed by atoms with Crippen molar-refractivity contribution in [1.82, 2.24) is 0 Å². The van der Waals surface area contributed by atoms with E-state index >= 15 is 0 Å². The molecule has 0 bridgehead atoms. The van der Waals surface area contributed by atoms with Gasteiger partial charge in [-0.25, -0.2) is 0 Å². The number of rotatable bonds is 6. The third-order valence-electron chi connectivity index (χ3n) is 4.21. The molecule has 0 unspecified atom stereocenters. The smallest absolute Gasteiger partial charge is 0.174 e. The van der Waals surface area contributed by atoms with E-state index < -0.39 is 0 Å². The molecule has 0 aromatic heterocycles. The summed E-state index contributed by atoms with van der Waals surface area (Å²) in [6, 6.07) is 19.1. The summed E-state index contributed by atoms with van der Waals surface area (Å²) in [5.41, 5.74) is 3.02. The molecule has 7 heteroatoms. The number of hydrogen-bond donors (Lipinski definition) is 0. The number of nitriles is 1. The van der Waals surface area contributed by atoms with Crippen LogP contribution in [0.1, 0.15) is 16.7 Å². The highest BCUT2D eigenvalue weighted by Gasteiger charge is 2.13. The number of methoxy groups -OCH3 is 1. The molecular formula is C23H15BrCl2INO2. The second-order valence-corrected chi connectivity index (χ2v) is 9.14. The highest BCUT2D eigenvalue weighted by Crippen LogP contribution is 2.36. The summed E-state index contributed by atoms with van der Waals surface area (Å²) in [6.45, 7) is 0.418. The standard InChI is InChI=1S/C23H15BrCl2INO2/c1-29-22-10-15(8-17(12-28)16-4-7-19(25)20(26)11-16)9-21(27)23(22)30-13-14-2-5-18(24)6-3-14/h2-11H,13H2,1H3/b17-8-. The van der Waals surface area contributed by atoms with E-state index in [0.29, 0.717) is 39.3 Å². The number of hydrogen-bond acceptors (Lipinski definition) is 3. The molecule has 0 saturated heterocycles. The predicted molar refractivity (Wildman–Crippen MR) is 134 cm³/mol. The minimum atomic E-state index is 0.402.